The van der Waals surface area contributed by atoms with E-state index >= 15 is 0 Å². The summed E-state index contributed by atoms with van der Waals surface area (Å²) in [5.74, 6) is 0.876. The van der Waals surface area contributed by atoms with Crippen LogP contribution >= 0.6 is 0 Å². The van der Waals surface area contributed by atoms with Gasteiger partial charge in [-0.3, -0.25) is 4.90 Å². The molecule has 0 radical (unpaired) electrons. The van der Waals surface area contributed by atoms with E-state index in [1.807, 2.05) is 48.2 Å². The Balaban J connectivity index is 1.49. The molecular weight excluding hydrogens is 314 g/mol. The summed E-state index contributed by atoms with van der Waals surface area (Å²) in [4.78, 5) is 16.7. The minimum atomic E-state index is -0.0154. The highest BCUT2D eigenvalue weighted by molar-refractivity contribution is 5.90. The first-order valence-electron chi connectivity index (χ1n) is 8.62. The predicted octanol–water partition coefficient (Wildman–Crippen LogP) is 3.35. The number of rotatable bonds is 4. The van der Waals surface area contributed by atoms with Crippen molar-refractivity contribution in [2.75, 3.05) is 38.6 Å². The van der Waals surface area contributed by atoms with E-state index < -0.39 is 0 Å². The van der Waals surface area contributed by atoms with Gasteiger partial charge in [-0.15, -0.1) is 0 Å². The maximum Gasteiger partial charge on any atom is 0.321 e. The quantitative estimate of drug-likeness (QED) is 0.929. The number of carbonyl (C=O) groups excluding carboxylic acids is 1. The molecule has 5 heteroatoms. The van der Waals surface area contributed by atoms with Gasteiger partial charge in [-0.1, -0.05) is 30.3 Å². The molecule has 0 aliphatic carbocycles. The normalized spacial score (nSPS) is 15.0. The van der Waals surface area contributed by atoms with Crippen LogP contribution in [0, 0.1) is 6.92 Å². The van der Waals surface area contributed by atoms with Crippen LogP contribution in [0.1, 0.15) is 11.1 Å². The molecule has 1 heterocycles. The molecule has 1 saturated heterocycles. The Morgan fingerprint density at radius 1 is 1.04 bits per heavy atom. The zero-order valence-electron chi connectivity index (χ0n) is 14.9. The van der Waals surface area contributed by atoms with Gasteiger partial charge in [0, 0.05) is 38.4 Å². The Bertz CT molecular complexity index is 707. The molecule has 0 bridgehead atoms. The SMILES string of the molecule is COc1ccc(CN2CCN(C(=O)Nc3ccccc3C)CC2)cc1. The Morgan fingerprint density at radius 3 is 2.36 bits per heavy atom. The first-order chi connectivity index (χ1) is 12.2. The van der Waals surface area contributed by atoms with Crippen LogP contribution in [0.5, 0.6) is 5.75 Å². The van der Waals surface area contributed by atoms with Gasteiger partial charge in [-0.2, -0.15) is 0 Å². The van der Waals surface area contributed by atoms with Crippen LogP contribution in [0.4, 0.5) is 10.5 Å². The fraction of sp³-hybridized carbons (Fsp3) is 0.350. The largest absolute Gasteiger partial charge is 0.497 e. The van der Waals surface area contributed by atoms with E-state index in [-0.39, 0.29) is 6.03 Å². The van der Waals surface area contributed by atoms with E-state index in [0.717, 1.165) is 49.7 Å². The molecule has 25 heavy (non-hydrogen) atoms. The summed E-state index contributed by atoms with van der Waals surface area (Å²) in [6.07, 6.45) is 0. The number of para-hydroxylation sites is 1. The smallest absolute Gasteiger partial charge is 0.321 e. The standard InChI is InChI=1S/C20H25N3O2/c1-16-5-3-4-6-19(16)21-20(24)23-13-11-22(12-14-23)15-17-7-9-18(25-2)10-8-17/h3-10H,11-15H2,1-2H3,(H,21,24). The van der Waals surface area contributed by atoms with Gasteiger partial charge in [-0.25, -0.2) is 4.79 Å². The number of nitrogens with zero attached hydrogens (tertiary/aromatic N) is 2. The van der Waals surface area contributed by atoms with Gasteiger partial charge in [0.1, 0.15) is 5.75 Å². The van der Waals surface area contributed by atoms with Crippen molar-refractivity contribution in [1.29, 1.82) is 0 Å². The van der Waals surface area contributed by atoms with Crippen molar-refractivity contribution < 1.29 is 9.53 Å². The van der Waals surface area contributed by atoms with E-state index in [0.29, 0.717) is 0 Å². The summed E-state index contributed by atoms with van der Waals surface area (Å²) in [6.45, 7) is 6.15. The number of hydrogen-bond donors (Lipinski definition) is 1. The van der Waals surface area contributed by atoms with Crippen LogP contribution in [0.25, 0.3) is 0 Å². The summed E-state index contributed by atoms with van der Waals surface area (Å²) in [6, 6.07) is 16.0. The number of ether oxygens (including phenoxy) is 1. The molecule has 1 aliphatic rings. The number of hydrogen-bond acceptors (Lipinski definition) is 3. The predicted molar refractivity (Wildman–Crippen MR) is 100 cm³/mol. The Hall–Kier alpha value is -2.53. The maximum atomic E-state index is 12.4. The molecule has 2 amide bonds. The van der Waals surface area contributed by atoms with Crippen LogP contribution in [0.15, 0.2) is 48.5 Å². The maximum absolute atomic E-state index is 12.4. The van der Waals surface area contributed by atoms with Gasteiger partial charge in [0.15, 0.2) is 0 Å². The monoisotopic (exact) mass is 339 g/mol. The van der Waals surface area contributed by atoms with Crippen molar-refractivity contribution in [2.45, 2.75) is 13.5 Å². The third-order valence-corrected chi connectivity index (χ3v) is 4.61. The topological polar surface area (TPSA) is 44.8 Å². The highest BCUT2D eigenvalue weighted by Gasteiger charge is 2.21. The number of methoxy groups -OCH3 is 1. The van der Waals surface area contributed by atoms with Crippen LogP contribution < -0.4 is 10.1 Å². The highest BCUT2D eigenvalue weighted by Crippen LogP contribution is 2.16. The summed E-state index contributed by atoms with van der Waals surface area (Å²) in [5.41, 5.74) is 3.22. The zero-order valence-corrected chi connectivity index (χ0v) is 14.9. The molecule has 2 aromatic carbocycles. The first-order valence-corrected chi connectivity index (χ1v) is 8.62. The molecule has 0 atom stereocenters. The summed E-state index contributed by atoms with van der Waals surface area (Å²) >= 11 is 0. The van der Waals surface area contributed by atoms with Crippen molar-refractivity contribution in [3.8, 4) is 5.75 Å². The lowest BCUT2D eigenvalue weighted by Crippen LogP contribution is -2.49. The van der Waals surface area contributed by atoms with E-state index in [2.05, 4.69) is 22.3 Å². The molecule has 5 nitrogen and oxygen atoms in total. The minimum Gasteiger partial charge on any atom is -0.497 e. The zero-order chi connectivity index (χ0) is 17.6. The van der Waals surface area contributed by atoms with Crippen molar-refractivity contribution >= 4 is 11.7 Å². The summed E-state index contributed by atoms with van der Waals surface area (Å²) < 4.78 is 5.19. The van der Waals surface area contributed by atoms with Crippen molar-refractivity contribution in [3.05, 3.63) is 59.7 Å². The lowest BCUT2D eigenvalue weighted by molar-refractivity contribution is 0.143. The average Bonchev–Trinajstić information content (AvgIpc) is 2.65. The Labute approximate surface area is 149 Å². The minimum absolute atomic E-state index is 0.0154. The first kappa shape index (κ1) is 17.3. The summed E-state index contributed by atoms with van der Waals surface area (Å²) in [5, 5.41) is 3.01. The second kappa shape index (κ2) is 8.03. The number of amides is 2. The molecule has 0 aromatic heterocycles. The van der Waals surface area contributed by atoms with Crippen LogP contribution in [0.3, 0.4) is 0 Å². The lowest BCUT2D eigenvalue weighted by atomic mass is 10.2. The fourth-order valence-electron chi connectivity index (χ4n) is 3.01. The van der Waals surface area contributed by atoms with Gasteiger partial charge in [0.2, 0.25) is 0 Å². The van der Waals surface area contributed by atoms with E-state index in [1.165, 1.54) is 5.56 Å². The molecule has 3 rings (SSSR count). The molecule has 0 unspecified atom stereocenters. The average molecular weight is 339 g/mol. The molecule has 1 N–H and O–H groups in total. The Kier molecular flexibility index (Phi) is 5.56. The van der Waals surface area contributed by atoms with Crippen LogP contribution in [-0.2, 0) is 6.54 Å². The van der Waals surface area contributed by atoms with Gasteiger partial charge >= 0.3 is 6.03 Å². The van der Waals surface area contributed by atoms with Crippen LogP contribution in [-0.4, -0.2) is 49.1 Å². The third kappa shape index (κ3) is 4.51. The third-order valence-electron chi connectivity index (χ3n) is 4.61. The van der Waals surface area contributed by atoms with E-state index in [4.69, 9.17) is 4.74 Å². The molecule has 2 aromatic rings. The number of nitrogens with one attached hydrogen (secondary N) is 1. The molecule has 1 aliphatic heterocycles. The number of piperazine rings is 1. The molecular formula is C20H25N3O2. The van der Waals surface area contributed by atoms with E-state index in [1.54, 1.807) is 7.11 Å². The van der Waals surface area contributed by atoms with Gasteiger partial charge in [-0.05, 0) is 36.2 Å². The number of anilines is 1. The Morgan fingerprint density at radius 2 is 1.72 bits per heavy atom. The van der Waals surface area contributed by atoms with Crippen molar-refractivity contribution in [3.63, 3.8) is 0 Å². The molecule has 132 valence electrons. The van der Waals surface area contributed by atoms with Crippen molar-refractivity contribution in [2.24, 2.45) is 0 Å². The van der Waals surface area contributed by atoms with Gasteiger partial charge < -0.3 is 15.0 Å². The van der Waals surface area contributed by atoms with Crippen LogP contribution in [0.2, 0.25) is 0 Å². The number of benzene rings is 2. The van der Waals surface area contributed by atoms with Gasteiger partial charge in [0.05, 0.1) is 7.11 Å². The second-order valence-corrected chi connectivity index (χ2v) is 6.36. The molecule has 0 saturated carbocycles. The van der Waals surface area contributed by atoms with Gasteiger partial charge in [0.25, 0.3) is 0 Å². The molecule has 0 spiro atoms. The second-order valence-electron chi connectivity index (χ2n) is 6.36. The number of urea groups is 1. The summed E-state index contributed by atoms with van der Waals surface area (Å²) in [7, 11) is 1.68. The van der Waals surface area contributed by atoms with Crippen molar-refractivity contribution in [1.82, 2.24) is 9.80 Å². The fourth-order valence-corrected chi connectivity index (χ4v) is 3.01. The lowest BCUT2D eigenvalue weighted by Gasteiger charge is -2.34. The highest BCUT2D eigenvalue weighted by atomic mass is 16.5. The molecule has 1 fully saturated rings. The number of aryl methyl sites for hydroxylation is 1. The number of carbonyl (C=O) groups is 1. The van der Waals surface area contributed by atoms with E-state index in [9.17, 15) is 4.79 Å².